The van der Waals surface area contributed by atoms with E-state index in [2.05, 4.69) is 35.1 Å². The van der Waals surface area contributed by atoms with Crippen molar-refractivity contribution in [2.45, 2.75) is 0 Å². The first-order valence-corrected chi connectivity index (χ1v) is 6.22. The van der Waals surface area contributed by atoms with Crippen molar-refractivity contribution in [3.05, 3.63) is 18.2 Å². The Bertz CT molecular complexity index is 400. The van der Waals surface area contributed by atoms with Crippen molar-refractivity contribution in [3.63, 3.8) is 0 Å². The fourth-order valence-corrected chi connectivity index (χ4v) is 2.25. The Hall–Kier alpha value is -1.46. The van der Waals surface area contributed by atoms with Crippen LogP contribution in [0.4, 0.5) is 11.4 Å². The van der Waals surface area contributed by atoms with Gasteiger partial charge in [-0.25, -0.2) is 10.0 Å². The maximum atomic E-state index is 5.83. The van der Waals surface area contributed by atoms with E-state index in [4.69, 9.17) is 10.5 Å². The van der Waals surface area contributed by atoms with Crippen LogP contribution in [0, 0.1) is 0 Å². The Kier molecular flexibility index (Phi) is 3.93. The number of hydrogen-bond donors (Lipinski definition) is 1. The van der Waals surface area contributed by atoms with E-state index in [-0.39, 0.29) is 0 Å². The molecule has 0 atom stereocenters. The van der Waals surface area contributed by atoms with Crippen molar-refractivity contribution in [3.8, 4) is 5.75 Å². The number of methoxy groups -OCH3 is 1. The number of nitrogen functional groups attached to an aromatic ring is 1. The van der Waals surface area contributed by atoms with Gasteiger partial charge in [0.25, 0.3) is 0 Å². The Morgan fingerprint density at radius 3 is 2.39 bits per heavy atom. The molecule has 100 valence electrons. The monoisotopic (exact) mass is 250 g/mol. The summed E-state index contributed by atoms with van der Waals surface area (Å²) in [5.41, 5.74) is 7.70. The summed E-state index contributed by atoms with van der Waals surface area (Å²) in [6.45, 7) is 4.12. The molecule has 0 radical (unpaired) electrons. The van der Waals surface area contributed by atoms with Gasteiger partial charge >= 0.3 is 0 Å². The van der Waals surface area contributed by atoms with E-state index < -0.39 is 0 Å². The zero-order chi connectivity index (χ0) is 13.1. The summed E-state index contributed by atoms with van der Waals surface area (Å²) < 4.78 is 5.27. The third kappa shape index (κ3) is 2.68. The molecule has 5 nitrogen and oxygen atoms in total. The molecule has 1 aliphatic rings. The van der Waals surface area contributed by atoms with Crippen LogP contribution in [-0.4, -0.2) is 57.4 Å². The zero-order valence-electron chi connectivity index (χ0n) is 11.4. The highest BCUT2D eigenvalue weighted by atomic mass is 16.5. The normalized spacial score (nSPS) is 17.2. The van der Waals surface area contributed by atoms with Crippen molar-refractivity contribution in [2.75, 3.05) is 58.0 Å². The first-order valence-electron chi connectivity index (χ1n) is 6.22. The third-order valence-corrected chi connectivity index (χ3v) is 3.40. The molecular formula is C13H22N4O. The van der Waals surface area contributed by atoms with Crippen LogP contribution in [0.5, 0.6) is 5.75 Å². The fourth-order valence-electron chi connectivity index (χ4n) is 2.25. The minimum absolute atomic E-state index is 0.688. The number of anilines is 2. The summed E-state index contributed by atoms with van der Waals surface area (Å²) in [6.07, 6.45) is 0. The Balaban J connectivity index is 2.05. The van der Waals surface area contributed by atoms with Crippen molar-refractivity contribution in [1.29, 1.82) is 0 Å². The molecule has 1 saturated heterocycles. The van der Waals surface area contributed by atoms with Crippen LogP contribution in [0.25, 0.3) is 0 Å². The number of ether oxygens (including phenoxy) is 1. The van der Waals surface area contributed by atoms with Crippen molar-refractivity contribution in [1.82, 2.24) is 10.0 Å². The van der Waals surface area contributed by atoms with Gasteiger partial charge in [0.1, 0.15) is 5.75 Å². The highest BCUT2D eigenvalue weighted by Crippen LogP contribution is 2.27. The average Bonchev–Trinajstić information content (AvgIpc) is 2.39. The van der Waals surface area contributed by atoms with E-state index in [9.17, 15) is 0 Å². The SMILES string of the molecule is COc1cc(N2CCN(N(C)C)CC2)ccc1N. The van der Waals surface area contributed by atoms with Crippen LogP contribution in [0.2, 0.25) is 0 Å². The maximum absolute atomic E-state index is 5.83. The molecule has 0 aromatic heterocycles. The van der Waals surface area contributed by atoms with Crippen LogP contribution in [0.15, 0.2) is 18.2 Å². The summed E-state index contributed by atoms with van der Waals surface area (Å²) in [4.78, 5) is 2.36. The van der Waals surface area contributed by atoms with Gasteiger partial charge in [0, 0.05) is 52.0 Å². The molecule has 1 aliphatic heterocycles. The van der Waals surface area contributed by atoms with E-state index >= 15 is 0 Å². The van der Waals surface area contributed by atoms with E-state index in [1.54, 1.807) is 7.11 Å². The number of rotatable bonds is 3. The van der Waals surface area contributed by atoms with Crippen LogP contribution in [0.1, 0.15) is 0 Å². The van der Waals surface area contributed by atoms with E-state index in [0.717, 1.165) is 31.9 Å². The molecule has 0 spiro atoms. The molecule has 0 bridgehead atoms. The van der Waals surface area contributed by atoms with Crippen molar-refractivity contribution >= 4 is 11.4 Å². The van der Waals surface area contributed by atoms with Crippen molar-refractivity contribution < 1.29 is 4.74 Å². The molecule has 0 amide bonds. The highest BCUT2D eigenvalue weighted by Gasteiger charge is 2.18. The van der Waals surface area contributed by atoms with Crippen molar-refractivity contribution in [2.24, 2.45) is 0 Å². The van der Waals surface area contributed by atoms with Gasteiger partial charge < -0.3 is 15.4 Å². The van der Waals surface area contributed by atoms with Crippen LogP contribution in [0.3, 0.4) is 0 Å². The van der Waals surface area contributed by atoms with Gasteiger partial charge in [-0.2, -0.15) is 0 Å². The van der Waals surface area contributed by atoms with E-state index in [1.165, 1.54) is 5.69 Å². The molecule has 18 heavy (non-hydrogen) atoms. The second kappa shape index (κ2) is 5.46. The third-order valence-electron chi connectivity index (χ3n) is 3.40. The van der Waals surface area contributed by atoms with Crippen LogP contribution in [-0.2, 0) is 0 Å². The second-order valence-corrected chi connectivity index (χ2v) is 4.71. The molecule has 1 aromatic rings. The molecule has 2 N–H and O–H groups in total. The quantitative estimate of drug-likeness (QED) is 0.807. The summed E-state index contributed by atoms with van der Waals surface area (Å²) in [5.74, 6) is 0.752. The summed E-state index contributed by atoms with van der Waals surface area (Å²) in [5, 5.41) is 4.49. The van der Waals surface area contributed by atoms with E-state index in [1.807, 2.05) is 12.1 Å². The lowest BCUT2D eigenvalue weighted by Crippen LogP contribution is -2.51. The molecule has 0 saturated carbocycles. The summed E-state index contributed by atoms with van der Waals surface area (Å²) in [6, 6.07) is 5.98. The number of nitrogens with zero attached hydrogens (tertiary/aromatic N) is 3. The van der Waals surface area contributed by atoms with Gasteiger partial charge in [-0.05, 0) is 12.1 Å². The summed E-state index contributed by atoms with van der Waals surface area (Å²) in [7, 11) is 5.82. The van der Waals surface area contributed by atoms with Gasteiger partial charge in [-0.3, -0.25) is 0 Å². The predicted octanol–water partition coefficient (Wildman–Crippen LogP) is 0.876. The van der Waals surface area contributed by atoms with Gasteiger partial charge in [0.05, 0.1) is 12.8 Å². The molecule has 1 aromatic carbocycles. The minimum Gasteiger partial charge on any atom is -0.495 e. The Labute approximate surface area is 109 Å². The maximum Gasteiger partial charge on any atom is 0.143 e. The van der Waals surface area contributed by atoms with E-state index in [0.29, 0.717) is 5.69 Å². The van der Waals surface area contributed by atoms with Crippen LogP contribution >= 0.6 is 0 Å². The summed E-state index contributed by atoms with van der Waals surface area (Å²) >= 11 is 0. The Morgan fingerprint density at radius 1 is 1.17 bits per heavy atom. The number of benzene rings is 1. The first kappa shape index (κ1) is 13.0. The topological polar surface area (TPSA) is 45.0 Å². The second-order valence-electron chi connectivity index (χ2n) is 4.71. The predicted molar refractivity (Wildman–Crippen MR) is 74.9 cm³/mol. The standard InChI is InChI=1S/C13H22N4O/c1-15(2)17-8-6-16(7-9-17)11-4-5-12(14)13(10-11)18-3/h4-5,10H,6-9,14H2,1-3H3. The molecule has 2 rings (SSSR count). The lowest BCUT2D eigenvalue weighted by Gasteiger charge is -2.39. The Morgan fingerprint density at radius 2 is 1.83 bits per heavy atom. The largest absolute Gasteiger partial charge is 0.495 e. The average molecular weight is 250 g/mol. The molecule has 0 aliphatic carbocycles. The molecule has 1 heterocycles. The molecule has 5 heteroatoms. The van der Waals surface area contributed by atoms with Gasteiger partial charge in [0.2, 0.25) is 0 Å². The zero-order valence-corrected chi connectivity index (χ0v) is 11.4. The number of piperazine rings is 1. The molecule has 1 fully saturated rings. The number of hydrazine groups is 1. The minimum atomic E-state index is 0.688. The smallest absolute Gasteiger partial charge is 0.143 e. The lowest BCUT2D eigenvalue weighted by molar-refractivity contribution is 0.0201. The molecule has 0 unspecified atom stereocenters. The lowest BCUT2D eigenvalue weighted by atomic mass is 10.2. The van der Waals surface area contributed by atoms with Gasteiger partial charge in [-0.1, -0.05) is 0 Å². The first-order chi connectivity index (χ1) is 8.61. The van der Waals surface area contributed by atoms with Crippen LogP contribution < -0.4 is 15.4 Å². The molecular weight excluding hydrogens is 228 g/mol. The fraction of sp³-hybridized carbons (Fsp3) is 0.538. The van der Waals surface area contributed by atoms with Gasteiger partial charge in [-0.15, -0.1) is 0 Å². The highest BCUT2D eigenvalue weighted by molar-refractivity contribution is 5.62. The van der Waals surface area contributed by atoms with Gasteiger partial charge in [0.15, 0.2) is 0 Å². The number of hydrogen-bond acceptors (Lipinski definition) is 5. The number of nitrogens with two attached hydrogens (primary N) is 1.